The van der Waals surface area contributed by atoms with Gasteiger partial charge in [-0.1, -0.05) is 0 Å². The molecular weight excluding hydrogens is 257 g/mol. The summed E-state index contributed by atoms with van der Waals surface area (Å²) < 4.78 is 21.1. The van der Waals surface area contributed by atoms with Gasteiger partial charge in [0.15, 0.2) is 0 Å². The van der Waals surface area contributed by atoms with Gasteiger partial charge >= 0.3 is 0 Å². The molecule has 0 unspecified atom stereocenters. The van der Waals surface area contributed by atoms with Crippen molar-refractivity contribution < 1.29 is 9.13 Å². The Morgan fingerprint density at radius 2 is 2.10 bits per heavy atom. The molecule has 20 heavy (non-hydrogen) atoms. The van der Waals surface area contributed by atoms with E-state index in [1.165, 1.54) is 6.07 Å². The molecule has 0 atom stereocenters. The number of methoxy groups -OCH3 is 1. The number of benzene rings is 1. The predicted molar refractivity (Wildman–Crippen MR) is 75.7 cm³/mol. The Morgan fingerprint density at radius 1 is 1.30 bits per heavy atom. The highest BCUT2D eigenvalue weighted by molar-refractivity contribution is 5.50. The van der Waals surface area contributed by atoms with Crippen LogP contribution in [-0.2, 0) is 0 Å². The summed E-state index contributed by atoms with van der Waals surface area (Å²) in [7, 11) is 1.55. The molecule has 0 N–H and O–H groups in total. The van der Waals surface area contributed by atoms with Crippen LogP contribution >= 0.6 is 0 Å². The molecule has 2 heterocycles. The average Bonchev–Trinajstić information content (AvgIpc) is 3.01. The molecule has 0 spiro atoms. The van der Waals surface area contributed by atoms with Gasteiger partial charge < -0.3 is 9.64 Å². The predicted octanol–water partition coefficient (Wildman–Crippen LogP) is 2.87. The minimum Gasteiger partial charge on any atom is -0.497 e. The highest BCUT2D eigenvalue weighted by Crippen LogP contribution is 2.29. The second kappa shape index (κ2) is 5.53. The maximum atomic E-state index is 14.1. The zero-order chi connectivity index (χ0) is 13.9. The molecule has 1 aliphatic heterocycles. The van der Waals surface area contributed by atoms with E-state index < -0.39 is 0 Å². The molecule has 1 aromatic heterocycles. The molecule has 0 bridgehead atoms. The molecule has 4 nitrogen and oxygen atoms in total. The van der Waals surface area contributed by atoms with Gasteiger partial charge in [-0.05, 0) is 31.0 Å². The van der Waals surface area contributed by atoms with Crippen LogP contribution in [0.15, 0.2) is 36.7 Å². The van der Waals surface area contributed by atoms with E-state index in [0.717, 1.165) is 25.9 Å². The second-order valence-corrected chi connectivity index (χ2v) is 5.02. The van der Waals surface area contributed by atoms with E-state index in [-0.39, 0.29) is 5.82 Å². The first-order valence-electron chi connectivity index (χ1n) is 6.85. The van der Waals surface area contributed by atoms with E-state index in [1.807, 2.05) is 16.9 Å². The van der Waals surface area contributed by atoms with Crippen molar-refractivity contribution in [3.63, 3.8) is 0 Å². The summed E-state index contributed by atoms with van der Waals surface area (Å²) in [4.78, 5) is 2.09. The van der Waals surface area contributed by atoms with Crippen LogP contribution in [-0.4, -0.2) is 30.0 Å². The van der Waals surface area contributed by atoms with Crippen molar-refractivity contribution in [3.05, 3.63) is 42.5 Å². The summed E-state index contributed by atoms with van der Waals surface area (Å²) in [5.41, 5.74) is 0.657. The molecule has 0 amide bonds. The van der Waals surface area contributed by atoms with Crippen LogP contribution in [0.25, 0.3) is 0 Å². The fourth-order valence-electron chi connectivity index (χ4n) is 2.74. The Kier molecular flexibility index (Phi) is 3.58. The van der Waals surface area contributed by atoms with E-state index in [1.54, 1.807) is 25.4 Å². The first kappa shape index (κ1) is 13.0. The summed E-state index contributed by atoms with van der Waals surface area (Å²) >= 11 is 0. The van der Waals surface area contributed by atoms with Gasteiger partial charge in [-0.2, -0.15) is 5.10 Å². The summed E-state index contributed by atoms with van der Waals surface area (Å²) in [5.74, 6) is 0.333. The Balaban J connectivity index is 1.69. The maximum Gasteiger partial charge on any atom is 0.150 e. The average molecular weight is 275 g/mol. The van der Waals surface area contributed by atoms with E-state index in [0.29, 0.717) is 17.5 Å². The number of aromatic nitrogens is 2. The molecule has 2 aromatic rings. The Hall–Kier alpha value is -2.04. The lowest BCUT2D eigenvalue weighted by molar-refractivity contribution is 0.365. The van der Waals surface area contributed by atoms with Gasteiger partial charge in [-0.15, -0.1) is 0 Å². The first-order valence-corrected chi connectivity index (χ1v) is 6.85. The fourth-order valence-corrected chi connectivity index (χ4v) is 2.74. The van der Waals surface area contributed by atoms with Crippen molar-refractivity contribution in [2.75, 3.05) is 25.1 Å². The maximum absolute atomic E-state index is 14.1. The largest absolute Gasteiger partial charge is 0.497 e. The molecule has 1 saturated heterocycles. The minimum absolute atomic E-state index is 0.220. The molecule has 106 valence electrons. The number of hydrogen-bond donors (Lipinski definition) is 0. The summed E-state index contributed by atoms with van der Waals surface area (Å²) in [6.07, 6.45) is 5.75. The number of rotatable bonds is 3. The molecule has 1 aromatic carbocycles. The topological polar surface area (TPSA) is 30.3 Å². The third-order valence-electron chi connectivity index (χ3n) is 3.86. The minimum atomic E-state index is -0.220. The van der Waals surface area contributed by atoms with Crippen molar-refractivity contribution in [1.29, 1.82) is 0 Å². The van der Waals surface area contributed by atoms with Gasteiger partial charge in [0.25, 0.3) is 0 Å². The molecule has 1 aliphatic rings. The quantitative estimate of drug-likeness (QED) is 0.863. The lowest BCUT2D eigenvalue weighted by atomic mass is 10.0. The number of nitrogens with zero attached hydrogens (tertiary/aromatic N) is 3. The van der Waals surface area contributed by atoms with Crippen LogP contribution in [0.5, 0.6) is 5.75 Å². The van der Waals surface area contributed by atoms with Crippen molar-refractivity contribution in [1.82, 2.24) is 9.78 Å². The van der Waals surface area contributed by atoms with Crippen LogP contribution < -0.4 is 9.64 Å². The van der Waals surface area contributed by atoms with Gasteiger partial charge in [-0.3, -0.25) is 4.68 Å². The summed E-state index contributed by atoms with van der Waals surface area (Å²) in [5, 5.41) is 4.29. The number of anilines is 1. The van der Waals surface area contributed by atoms with Crippen LogP contribution in [0.4, 0.5) is 10.1 Å². The van der Waals surface area contributed by atoms with E-state index in [4.69, 9.17) is 4.74 Å². The molecule has 3 rings (SSSR count). The highest BCUT2D eigenvalue weighted by Gasteiger charge is 2.22. The number of halogens is 1. The standard InChI is InChI=1S/C15H18FN3O/c1-20-13-3-4-15(14(16)11-13)18-9-5-12(6-10-18)19-8-2-7-17-19/h2-4,7-8,11-12H,5-6,9-10H2,1H3. The molecule has 0 saturated carbocycles. The van der Waals surface area contributed by atoms with Crippen LogP contribution in [0, 0.1) is 5.82 Å². The Bertz CT molecular complexity index is 563. The SMILES string of the molecule is COc1ccc(N2CCC(n3cccn3)CC2)c(F)c1. The first-order chi connectivity index (χ1) is 9.78. The third kappa shape index (κ3) is 2.48. The van der Waals surface area contributed by atoms with Gasteiger partial charge in [0.2, 0.25) is 0 Å². The molecule has 0 aliphatic carbocycles. The molecule has 5 heteroatoms. The van der Waals surface area contributed by atoms with Crippen LogP contribution in [0.3, 0.4) is 0 Å². The lowest BCUT2D eigenvalue weighted by Crippen LogP contribution is -2.35. The normalized spacial score (nSPS) is 16.4. The van der Waals surface area contributed by atoms with Crippen molar-refractivity contribution >= 4 is 5.69 Å². The fraction of sp³-hybridized carbons (Fsp3) is 0.400. The number of hydrogen-bond acceptors (Lipinski definition) is 3. The zero-order valence-electron chi connectivity index (χ0n) is 11.5. The second-order valence-electron chi connectivity index (χ2n) is 5.02. The highest BCUT2D eigenvalue weighted by atomic mass is 19.1. The van der Waals surface area contributed by atoms with Gasteiger partial charge in [-0.25, -0.2) is 4.39 Å². The third-order valence-corrected chi connectivity index (χ3v) is 3.86. The zero-order valence-corrected chi connectivity index (χ0v) is 11.5. The monoisotopic (exact) mass is 275 g/mol. The molecule has 0 radical (unpaired) electrons. The molecule has 1 fully saturated rings. The Morgan fingerprint density at radius 3 is 2.70 bits per heavy atom. The van der Waals surface area contributed by atoms with E-state index in [9.17, 15) is 4.39 Å². The van der Waals surface area contributed by atoms with E-state index in [2.05, 4.69) is 10.00 Å². The molecular formula is C15H18FN3O. The van der Waals surface area contributed by atoms with Crippen molar-refractivity contribution in [2.24, 2.45) is 0 Å². The van der Waals surface area contributed by atoms with Gasteiger partial charge in [0, 0.05) is 31.5 Å². The van der Waals surface area contributed by atoms with Crippen LogP contribution in [0.2, 0.25) is 0 Å². The lowest BCUT2D eigenvalue weighted by Gasteiger charge is -2.33. The van der Waals surface area contributed by atoms with Crippen LogP contribution in [0.1, 0.15) is 18.9 Å². The Labute approximate surface area is 117 Å². The smallest absolute Gasteiger partial charge is 0.150 e. The van der Waals surface area contributed by atoms with Gasteiger partial charge in [0.1, 0.15) is 11.6 Å². The summed E-state index contributed by atoms with van der Waals surface area (Å²) in [6, 6.07) is 7.40. The van der Waals surface area contributed by atoms with Gasteiger partial charge in [0.05, 0.1) is 18.8 Å². The van der Waals surface area contributed by atoms with Crippen molar-refractivity contribution in [2.45, 2.75) is 18.9 Å². The van der Waals surface area contributed by atoms with Crippen molar-refractivity contribution in [3.8, 4) is 5.75 Å². The van der Waals surface area contributed by atoms with E-state index >= 15 is 0 Å². The number of piperidine rings is 1. The summed E-state index contributed by atoms with van der Waals surface area (Å²) in [6.45, 7) is 1.68. The number of ether oxygens (including phenoxy) is 1.